The van der Waals surface area contributed by atoms with Crippen molar-refractivity contribution in [3.8, 4) is 5.75 Å². The molecule has 28 heavy (non-hydrogen) atoms. The Balaban J connectivity index is 1.59. The number of carbonyl (C=O) groups is 1. The highest BCUT2D eigenvalue weighted by Gasteiger charge is 2.30. The highest BCUT2D eigenvalue weighted by Crippen LogP contribution is 2.34. The van der Waals surface area contributed by atoms with Gasteiger partial charge < -0.3 is 9.64 Å². The van der Waals surface area contributed by atoms with Gasteiger partial charge in [-0.2, -0.15) is 0 Å². The normalized spacial score (nSPS) is 14.4. The molecular formula is C22H20ClFN2O2. The fraction of sp³-hybridized carbons (Fsp3) is 0.273. The van der Waals surface area contributed by atoms with Crippen LogP contribution in [0, 0.1) is 5.82 Å². The molecule has 0 aliphatic heterocycles. The minimum Gasteiger partial charge on any atom is -0.483 e. The van der Waals surface area contributed by atoms with Crippen LogP contribution in [0.4, 0.5) is 10.1 Å². The van der Waals surface area contributed by atoms with Crippen molar-refractivity contribution >= 4 is 34.0 Å². The van der Waals surface area contributed by atoms with Gasteiger partial charge in [-0.1, -0.05) is 36.6 Å². The maximum Gasteiger partial charge on any atom is 0.265 e. The molecule has 0 saturated heterocycles. The van der Waals surface area contributed by atoms with Crippen molar-refractivity contribution in [1.29, 1.82) is 0 Å². The SMILES string of the molecule is O=C(COc1cccc2cnccc12)N(c1ccc(F)cc1Cl)C1CCCC1. The number of nitrogens with zero attached hydrogens (tertiary/aromatic N) is 2. The summed E-state index contributed by atoms with van der Waals surface area (Å²) in [4.78, 5) is 18.9. The van der Waals surface area contributed by atoms with E-state index in [9.17, 15) is 9.18 Å². The molecule has 144 valence electrons. The summed E-state index contributed by atoms with van der Waals surface area (Å²) in [6, 6.07) is 11.7. The number of pyridine rings is 1. The predicted octanol–water partition coefficient (Wildman–Crippen LogP) is 5.38. The summed E-state index contributed by atoms with van der Waals surface area (Å²) in [6.07, 6.45) is 7.38. The Bertz CT molecular complexity index is 999. The largest absolute Gasteiger partial charge is 0.483 e. The first kappa shape index (κ1) is 18.7. The van der Waals surface area contributed by atoms with E-state index in [2.05, 4.69) is 4.98 Å². The number of ether oxygens (including phenoxy) is 1. The second-order valence-electron chi connectivity index (χ2n) is 6.94. The van der Waals surface area contributed by atoms with Gasteiger partial charge in [0.2, 0.25) is 0 Å². The van der Waals surface area contributed by atoms with Gasteiger partial charge in [-0.05, 0) is 43.2 Å². The van der Waals surface area contributed by atoms with Crippen LogP contribution >= 0.6 is 11.6 Å². The fourth-order valence-electron chi connectivity index (χ4n) is 3.80. The van der Waals surface area contributed by atoms with Crippen molar-refractivity contribution in [2.24, 2.45) is 0 Å². The predicted molar refractivity (Wildman–Crippen MR) is 108 cm³/mol. The van der Waals surface area contributed by atoms with Crippen LogP contribution in [0.15, 0.2) is 54.9 Å². The number of amides is 1. The molecule has 1 aliphatic carbocycles. The highest BCUT2D eigenvalue weighted by molar-refractivity contribution is 6.33. The van der Waals surface area contributed by atoms with Gasteiger partial charge in [0.25, 0.3) is 5.91 Å². The summed E-state index contributed by atoms with van der Waals surface area (Å²) in [5.41, 5.74) is 0.533. The molecule has 6 heteroatoms. The number of fused-ring (bicyclic) bond motifs is 1. The lowest BCUT2D eigenvalue weighted by molar-refractivity contribution is -0.121. The molecule has 0 bridgehead atoms. The number of hydrogen-bond donors (Lipinski definition) is 0. The van der Waals surface area contributed by atoms with Gasteiger partial charge in [-0.25, -0.2) is 4.39 Å². The molecular weight excluding hydrogens is 379 g/mol. The Kier molecular flexibility index (Phi) is 5.44. The van der Waals surface area contributed by atoms with Crippen LogP contribution in [-0.2, 0) is 4.79 Å². The van der Waals surface area contributed by atoms with Gasteiger partial charge >= 0.3 is 0 Å². The summed E-state index contributed by atoms with van der Waals surface area (Å²) < 4.78 is 19.4. The molecule has 0 unspecified atom stereocenters. The second-order valence-corrected chi connectivity index (χ2v) is 7.35. The van der Waals surface area contributed by atoms with Crippen LogP contribution < -0.4 is 9.64 Å². The van der Waals surface area contributed by atoms with E-state index in [1.54, 1.807) is 23.4 Å². The third-order valence-corrected chi connectivity index (χ3v) is 5.42. The molecule has 2 aromatic carbocycles. The van der Waals surface area contributed by atoms with Crippen LogP contribution in [0.1, 0.15) is 25.7 Å². The summed E-state index contributed by atoms with van der Waals surface area (Å²) in [7, 11) is 0. The van der Waals surface area contributed by atoms with E-state index in [1.807, 2.05) is 24.3 Å². The van der Waals surface area contributed by atoms with Crippen LogP contribution in [0.2, 0.25) is 5.02 Å². The lowest BCUT2D eigenvalue weighted by Gasteiger charge is -2.30. The molecule has 0 spiro atoms. The molecule has 1 aliphatic rings. The summed E-state index contributed by atoms with van der Waals surface area (Å²) in [6.45, 7) is -0.119. The Labute approximate surface area is 167 Å². The van der Waals surface area contributed by atoms with Crippen LogP contribution in [0.25, 0.3) is 10.8 Å². The fourth-order valence-corrected chi connectivity index (χ4v) is 4.06. The monoisotopic (exact) mass is 398 g/mol. The Morgan fingerprint density at radius 3 is 2.82 bits per heavy atom. The standard InChI is InChI=1S/C22H20ClFN2O2/c23-19-12-16(24)8-9-20(19)26(17-5-1-2-6-17)22(27)14-28-21-7-3-4-15-13-25-11-10-18(15)21/h3-4,7-13,17H,1-2,5-6,14H2. The highest BCUT2D eigenvalue weighted by atomic mass is 35.5. The first-order chi connectivity index (χ1) is 13.6. The number of benzene rings is 2. The van der Waals surface area contributed by atoms with Crippen molar-refractivity contribution in [1.82, 2.24) is 4.98 Å². The lowest BCUT2D eigenvalue weighted by Crippen LogP contribution is -2.42. The zero-order chi connectivity index (χ0) is 19.5. The Morgan fingerprint density at radius 1 is 1.21 bits per heavy atom. The molecule has 3 aromatic rings. The van der Waals surface area contributed by atoms with Gasteiger partial charge in [0.15, 0.2) is 6.61 Å². The molecule has 0 radical (unpaired) electrons. The van der Waals surface area contributed by atoms with E-state index >= 15 is 0 Å². The zero-order valence-electron chi connectivity index (χ0n) is 15.3. The first-order valence-electron chi connectivity index (χ1n) is 9.36. The number of hydrogen-bond acceptors (Lipinski definition) is 3. The van der Waals surface area contributed by atoms with E-state index < -0.39 is 5.82 Å². The third-order valence-electron chi connectivity index (χ3n) is 5.12. The maximum atomic E-state index is 13.5. The molecule has 1 amide bonds. The van der Waals surface area contributed by atoms with Gasteiger partial charge in [0, 0.05) is 29.2 Å². The topological polar surface area (TPSA) is 42.4 Å². The molecule has 0 atom stereocenters. The van der Waals surface area contributed by atoms with Crippen molar-refractivity contribution in [2.75, 3.05) is 11.5 Å². The smallest absolute Gasteiger partial charge is 0.265 e. The van der Waals surface area contributed by atoms with Crippen LogP contribution in [0.3, 0.4) is 0 Å². The minimum absolute atomic E-state index is 0.0516. The first-order valence-corrected chi connectivity index (χ1v) is 9.74. The van der Waals surface area contributed by atoms with Gasteiger partial charge in [0.1, 0.15) is 11.6 Å². The molecule has 0 N–H and O–H groups in total. The lowest BCUT2D eigenvalue weighted by atomic mass is 10.1. The van der Waals surface area contributed by atoms with Crippen molar-refractivity contribution < 1.29 is 13.9 Å². The maximum absolute atomic E-state index is 13.5. The molecule has 1 fully saturated rings. The van der Waals surface area contributed by atoms with E-state index in [0.29, 0.717) is 11.4 Å². The average molecular weight is 399 g/mol. The Morgan fingerprint density at radius 2 is 2.04 bits per heavy atom. The summed E-state index contributed by atoms with van der Waals surface area (Å²) in [5.74, 6) is 0.0180. The van der Waals surface area contributed by atoms with Gasteiger partial charge in [-0.15, -0.1) is 0 Å². The van der Waals surface area contributed by atoms with Crippen molar-refractivity contribution in [3.05, 3.63) is 65.7 Å². The molecule has 4 rings (SSSR count). The van der Waals surface area contributed by atoms with Crippen molar-refractivity contribution in [3.63, 3.8) is 0 Å². The van der Waals surface area contributed by atoms with Crippen LogP contribution in [-0.4, -0.2) is 23.5 Å². The molecule has 1 saturated carbocycles. The molecule has 1 aromatic heterocycles. The number of anilines is 1. The average Bonchev–Trinajstić information content (AvgIpc) is 3.22. The minimum atomic E-state index is -0.423. The van der Waals surface area contributed by atoms with E-state index in [-0.39, 0.29) is 23.6 Å². The number of halogens is 2. The van der Waals surface area contributed by atoms with E-state index in [0.717, 1.165) is 36.5 Å². The third kappa shape index (κ3) is 3.80. The number of aromatic nitrogens is 1. The van der Waals surface area contributed by atoms with E-state index in [1.165, 1.54) is 12.1 Å². The summed E-state index contributed by atoms with van der Waals surface area (Å²) in [5, 5.41) is 2.08. The van der Waals surface area contributed by atoms with Gasteiger partial charge in [-0.3, -0.25) is 9.78 Å². The second kappa shape index (κ2) is 8.15. The molecule has 4 nitrogen and oxygen atoms in total. The number of rotatable bonds is 5. The quantitative estimate of drug-likeness (QED) is 0.579. The Hall–Kier alpha value is -2.66. The molecule has 1 heterocycles. The van der Waals surface area contributed by atoms with Crippen molar-refractivity contribution in [2.45, 2.75) is 31.7 Å². The zero-order valence-corrected chi connectivity index (χ0v) is 16.0. The number of carbonyl (C=O) groups excluding carboxylic acids is 1. The van der Waals surface area contributed by atoms with E-state index in [4.69, 9.17) is 16.3 Å². The van der Waals surface area contributed by atoms with Crippen LogP contribution in [0.5, 0.6) is 5.75 Å². The van der Waals surface area contributed by atoms with Gasteiger partial charge in [0.05, 0.1) is 10.7 Å². The summed E-state index contributed by atoms with van der Waals surface area (Å²) >= 11 is 6.26.